The fraction of sp³-hybridized carbons (Fsp3) is 0. The highest BCUT2D eigenvalue weighted by Crippen LogP contribution is 2.29. The van der Waals surface area contributed by atoms with Crippen molar-refractivity contribution in [3.05, 3.63) is 57.0 Å². The Balaban J connectivity index is 2.38. The monoisotopic (exact) mass is 360 g/mol. The first-order chi connectivity index (χ1) is 9.41. The van der Waals surface area contributed by atoms with Crippen molar-refractivity contribution >= 4 is 44.8 Å². The maximum atomic E-state index is 13.6. The molecule has 0 fully saturated rings. The van der Waals surface area contributed by atoms with Crippen molar-refractivity contribution in [3.8, 4) is 0 Å². The van der Waals surface area contributed by atoms with E-state index in [0.29, 0.717) is 4.47 Å². The summed E-state index contributed by atoms with van der Waals surface area (Å²) >= 11 is 9.13. The molecule has 0 saturated heterocycles. The van der Waals surface area contributed by atoms with E-state index in [2.05, 4.69) is 21.2 Å². The summed E-state index contributed by atoms with van der Waals surface area (Å²) in [5, 5.41) is 2.39. The molecule has 0 saturated carbocycles. The molecule has 0 unspecified atom stereocenters. The third-order valence-electron chi connectivity index (χ3n) is 2.56. The van der Waals surface area contributed by atoms with Crippen molar-refractivity contribution in [2.75, 3.05) is 11.1 Å². The van der Waals surface area contributed by atoms with Gasteiger partial charge in [-0.2, -0.15) is 0 Å². The number of carbonyl (C=O) groups excluding carboxylic acids is 1. The predicted molar refractivity (Wildman–Crippen MR) is 77.9 cm³/mol. The molecule has 0 aliphatic rings. The van der Waals surface area contributed by atoms with Crippen molar-refractivity contribution in [2.24, 2.45) is 0 Å². The highest BCUT2D eigenvalue weighted by Gasteiger charge is 2.18. The molecule has 3 nitrogen and oxygen atoms in total. The van der Waals surface area contributed by atoms with Gasteiger partial charge in [-0.05, 0) is 40.2 Å². The van der Waals surface area contributed by atoms with Crippen LogP contribution in [0.1, 0.15) is 10.4 Å². The largest absolute Gasteiger partial charge is 0.397 e. The first-order valence-electron chi connectivity index (χ1n) is 5.40. The van der Waals surface area contributed by atoms with Crippen LogP contribution in [0.3, 0.4) is 0 Å². The second kappa shape index (κ2) is 5.76. The van der Waals surface area contributed by atoms with Crippen LogP contribution < -0.4 is 11.1 Å². The minimum Gasteiger partial charge on any atom is -0.397 e. The summed E-state index contributed by atoms with van der Waals surface area (Å²) in [6, 6.07) is 6.74. The molecule has 2 aromatic rings. The van der Waals surface area contributed by atoms with Crippen LogP contribution in [0.5, 0.6) is 0 Å². The molecule has 0 aliphatic carbocycles. The van der Waals surface area contributed by atoms with Crippen LogP contribution in [0, 0.1) is 11.6 Å². The van der Waals surface area contributed by atoms with Crippen LogP contribution in [-0.4, -0.2) is 5.91 Å². The van der Waals surface area contributed by atoms with Crippen LogP contribution in [0.4, 0.5) is 20.2 Å². The number of rotatable bonds is 2. The number of amides is 1. The lowest BCUT2D eigenvalue weighted by Crippen LogP contribution is -2.15. The summed E-state index contributed by atoms with van der Waals surface area (Å²) in [4.78, 5) is 12.0. The molecule has 0 radical (unpaired) electrons. The van der Waals surface area contributed by atoms with Crippen molar-refractivity contribution in [1.82, 2.24) is 0 Å². The molecule has 0 aliphatic heterocycles. The van der Waals surface area contributed by atoms with E-state index in [1.165, 1.54) is 6.07 Å². The number of carbonyl (C=O) groups is 1. The molecular weight excluding hydrogens is 354 g/mol. The molecule has 1 amide bonds. The second-order valence-corrected chi connectivity index (χ2v) is 5.11. The minimum atomic E-state index is -1.22. The van der Waals surface area contributed by atoms with Gasteiger partial charge in [0.15, 0.2) is 11.6 Å². The quantitative estimate of drug-likeness (QED) is 0.787. The summed E-state index contributed by atoms with van der Waals surface area (Å²) in [7, 11) is 0. The van der Waals surface area contributed by atoms with Gasteiger partial charge in [-0.25, -0.2) is 8.78 Å². The van der Waals surface area contributed by atoms with Gasteiger partial charge in [0, 0.05) is 4.47 Å². The van der Waals surface area contributed by atoms with Crippen LogP contribution in [0.15, 0.2) is 34.8 Å². The molecule has 0 bridgehead atoms. The lowest BCUT2D eigenvalue weighted by atomic mass is 10.2. The molecule has 0 heterocycles. The number of hydrogen-bond acceptors (Lipinski definition) is 2. The molecule has 0 aromatic heterocycles. The highest BCUT2D eigenvalue weighted by molar-refractivity contribution is 9.10. The van der Waals surface area contributed by atoms with E-state index in [9.17, 15) is 13.6 Å². The first kappa shape index (κ1) is 14.7. The number of halogens is 4. The number of benzene rings is 2. The van der Waals surface area contributed by atoms with E-state index in [4.69, 9.17) is 17.3 Å². The summed E-state index contributed by atoms with van der Waals surface area (Å²) in [5.41, 5.74) is 5.14. The molecule has 2 rings (SSSR count). The second-order valence-electron chi connectivity index (χ2n) is 3.88. The van der Waals surface area contributed by atoms with Gasteiger partial charge in [0.2, 0.25) is 0 Å². The molecular formula is C13H8BrClF2N2O. The molecule has 2 aromatic carbocycles. The van der Waals surface area contributed by atoms with Crippen LogP contribution in [0.25, 0.3) is 0 Å². The number of anilines is 2. The van der Waals surface area contributed by atoms with Gasteiger partial charge in [-0.1, -0.05) is 17.7 Å². The van der Waals surface area contributed by atoms with Crippen molar-refractivity contribution in [2.45, 2.75) is 0 Å². The van der Waals surface area contributed by atoms with Gasteiger partial charge in [-0.15, -0.1) is 0 Å². The van der Waals surface area contributed by atoms with Gasteiger partial charge in [0.25, 0.3) is 5.91 Å². The minimum absolute atomic E-state index is 0.0802. The number of nitrogens with two attached hydrogens (primary N) is 1. The Bertz CT molecular complexity index is 694. The lowest BCUT2D eigenvalue weighted by Gasteiger charge is -2.11. The van der Waals surface area contributed by atoms with Gasteiger partial charge < -0.3 is 11.1 Å². The van der Waals surface area contributed by atoms with Gasteiger partial charge in [0.05, 0.1) is 16.3 Å². The number of nitrogens with one attached hydrogen (secondary N) is 1. The number of hydrogen-bond donors (Lipinski definition) is 2. The molecule has 0 spiro atoms. The molecule has 0 atom stereocenters. The Hall–Kier alpha value is -1.66. The van der Waals surface area contributed by atoms with E-state index in [1.807, 2.05) is 0 Å². The van der Waals surface area contributed by atoms with Crippen LogP contribution in [-0.2, 0) is 0 Å². The normalized spacial score (nSPS) is 10.4. The summed E-state index contributed by atoms with van der Waals surface area (Å²) in [6.45, 7) is 0. The SMILES string of the molecule is Nc1ccc(F)c(F)c1NC(=O)c1cccc(Br)c1Cl. The van der Waals surface area contributed by atoms with Crippen molar-refractivity contribution < 1.29 is 13.6 Å². The Morgan fingerprint density at radius 3 is 2.65 bits per heavy atom. The molecule has 3 N–H and O–H groups in total. The fourth-order valence-corrected chi connectivity index (χ4v) is 2.13. The average molecular weight is 362 g/mol. The maximum absolute atomic E-state index is 13.6. The van der Waals surface area contributed by atoms with Crippen LogP contribution >= 0.6 is 27.5 Å². The van der Waals surface area contributed by atoms with E-state index >= 15 is 0 Å². The lowest BCUT2D eigenvalue weighted by molar-refractivity contribution is 0.102. The van der Waals surface area contributed by atoms with Gasteiger partial charge >= 0.3 is 0 Å². The Labute approximate surface area is 126 Å². The van der Waals surface area contributed by atoms with E-state index < -0.39 is 23.2 Å². The molecule has 7 heteroatoms. The Morgan fingerprint density at radius 2 is 1.95 bits per heavy atom. The predicted octanol–water partition coefficient (Wildman–Crippen LogP) is 4.22. The highest BCUT2D eigenvalue weighted by atomic mass is 79.9. The van der Waals surface area contributed by atoms with E-state index in [-0.39, 0.29) is 16.3 Å². The summed E-state index contributed by atoms with van der Waals surface area (Å²) in [5.74, 6) is -3.01. The summed E-state index contributed by atoms with van der Waals surface area (Å²) < 4.78 is 27.3. The standard InChI is InChI=1S/C13H8BrClF2N2O/c14-7-3-1-2-6(10(7)15)13(20)19-12-9(18)5-4-8(16)11(12)17/h1-5H,18H2,(H,19,20). The molecule has 104 valence electrons. The fourth-order valence-electron chi connectivity index (χ4n) is 1.55. The van der Waals surface area contributed by atoms with Gasteiger partial charge in [-0.3, -0.25) is 4.79 Å². The topological polar surface area (TPSA) is 55.1 Å². The molecule has 20 heavy (non-hydrogen) atoms. The third kappa shape index (κ3) is 2.76. The zero-order valence-corrected chi connectivity index (χ0v) is 12.2. The zero-order chi connectivity index (χ0) is 14.9. The van der Waals surface area contributed by atoms with Crippen molar-refractivity contribution in [1.29, 1.82) is 0 Å². The smallest absolute Gasteiger partial charge is 0.257 e. The zero-order valence-electron chi connectivity index (χ0n) is 9.88. The first-order valence-corrected chi connectivity index (χ1v) is 6.57. The Kier molecular flexibility index (Phi) is 4.25. The summed E-state index contributed by atoms with van der Waals surface area (Å²) in [6.07, 6.45) is 0. The third-order valence-corrected chi connectivity index (χ3v) is 3.86. The number of nitrogen functional groups attached to an aromatic ring is 1. The van der Waals surface area contributed by atoms with Crippen molar-refractivity contribution in [3.63, 3.8) is 0 Å². The Morgan fingerprint density at radius 1 is 1.25 bits per heavy atom. The maximum Gasteiger partial charge on any atom is 0.257 e. The van der Waals surface area contributed by atoms with Gasteiger partial charge in [0.1, 0.15) is 5.69 Å². The average Bonchev–Trinajstić information content (AvgIpc) is 2.42. The van der Waals surface area contributed by atoms with E-state index in [1.54, 1.807) is 12.1 Å². The van der Waals surface area contributed by atoms with E-state index in [0.717, 1.165) is 12.1 Å². The van der Waals surface area contributed by atoms with Crippen LogP contribution in [0.2, 0.25) is 5.02 Å².